The second kappa shape index (κ2) is 10.0. The number of hydrogen-bond donors (Lipinski definition) is 0. The Morgan fingerprint density at radius 1 is 0.861 bits per heavy atom. The Kier molecular flexibility index (Phi) is 6.46. The highest BCUT2D eigenvalue weighted by molar-refractivity contribution is 5.98. The summed E-state index contributed by atoms with van der Waals surface area (Å²) in [6.45, 7) is 1.92. The van der Waals surface area contributed by atoms with Crippen molar-refractivity contribution in [2.45, 2.75) is 13.3 Å². The van der Waals surface area contributed by atoms with Gasteiger partial charge in [-0.05, 0) is 65.1 Å². The van der Waals surface area contributed by atoms with E-state index < -0.39 is 11.8 Å². The van der Waals surface area contributed by atoms with Crippen LogP contribution in [0.4, 0.5) is 4.39 Å². The van der Waals surface area contributed by atoms with Crippen molar-refractivity contribution >= 4 is 16.9 Å². The zero-order chi connectivity index (χ0) is 25.1. The molecule has 0 radical (unpaired) electrons. The predicted molar refractivity (Wildman–Crippen MR) is 139 cm³/mol. The summed E-state index contributed by atoms with van der Waals surface area (Å²) in [7, 11) is 0. The van der Waals surface area contributed by atoms with Crippen LogP contribution in [0, 0.1) is 5.82 Å². The van der Waals surface area contributed by atoms with Gasteiger partial charge in [-0.1, -0.05) is 60.7 Å². The van der Waals surface area contributed by atoms with Crippen molar-refractivity contribution in [3.05, 3.63) is 130 Å². The molecule has 0 aliphatic carbocycles. The third-order valence-electron chi connectivity index (χ3n) is 6.09. The van der Waals surface area contributed by atoms with E-state index in [0.717, 1.165) is 16.7 Å². The Balaban J connectivity index is 1.45. The number of rotatable bonds is 6. The maximum absolute atomic E-state index is 14.0. The summed E-state index contributed by atoms with van der Waals surface area (Å²) in [4.78, 5) is 25.6. The van der Waals surface area contributed by atoms with E-state index in [1.807, 2.05) is 42.5 Å². The quantitative estimate of drug-likeness (QED) is 0.246. The second-order valence-electron chi connectivity index (χ2n) is 8.45. The maximum atomic E-state index is 14.0. The molecule has 0 spiro atoms. The second-order valence-corrected chi connectivity index (χ2v) is 8.45. The first kappa shape index (κ1) is 23.2. The summed E-state index contributed by atoms with van der Waals surface area (Å²) in [5, 5.41) is 0.422. The standard InChI is InChI=1S/C31H23FO4/c1-2-35-31(34)26-15-13-25(32)18-28(26)23-12-14-27-29(17-23)36-19-24(30(27)33)16-20-8-10-22(11-9-20)21-6-4-3-5-7-21/h3-15,17-19H,2,16H2,1H3. The first-order chi connectivity index (χ1) is 17.5. The van der Waals surface area contributed by atoms with E-state index in [4.69, 9.17) is 9.15 Å². The van der Waals surface area contributed by atoms with Crippen molar-refractivity contribution < 1.29 is 18.3 Å². The van der Waals surface area contributed by atoms with Gasteiger partial charge in [0.15, 0.2) is 5.43 Å². The molecule has 178 valence electrons. The molecule has 0 saturated heterocycles. The minimum atomic E-state index is -0.539. The van der Waals surface area contributed by atoms with E-state index in [9.17, 15) is 14.0 Å². The van der Waals surface area contributed by atoms with Crippen LogP contribution < -0.4 is 5.43 Å². The molecule has 1 heterocycles. The van der Waals surface area contributed by atoms with Crippen molar-refractivity contribution in [1.29, 1.82) is 0 Å². The summed E-state index contributed by atoms with van der Waals surface area (Å²) < 4.78 is 24.9. The number of ether oxygens (including phenoxy) is 1. The van der Waals surface area contributed by atoms with E-state index in [0.29, 0.717) is 34.1 Å². The van der Waals surface area contributed by atoms with Crippen molar-refractivity contribution in [1.82, 2.24) is 0 Å². The highest BCUT2D eigenvalue weighted by Gasteiger charge is 2.17. The van der Waals surface area contributed by atoms with Crippen LogP contribution in [0.2, 0.25) is 0 Å². The van der Waals surface area contributed by atoms with Crippen molar-refractivity contribution in [3.63, 3.8) is 0 Å². The molecule has 36 heavy (non-hydrogen) atoms. The normalized spacial score (nSPS) is 10.9. The van der Waals surface area contributed by atoms with E-state index in [-0.39, 0.29) is 17.6 Å². The monoisotopic (exact) mass is 478 g/mol. The molecule has 0 bridgehead atoms. The molecule has 4 aromatic carbocycles. The molecule has 0 N–H and O–H groups in total. The molecule has 0 amide bonds. The number of carbonyl (C=O) groups is 1. The van der Waals surface area contributed by atoms with Gasteiger partial charge in [-0.15, -0.1) is 0 Å². The van der Waals surface area contributed by atoms with Gasteiger partial charge >= 0.3 is 5.97 Å². The number of hydrogen-bond acceptors (Lipinski definition) is 4. The lowest BCUT2D eigenvalue weighted by Gasteiger charge is -2.10. The van der Waals surface area contributed by atoms with Gasteiger partial charge in [0, 0.05) is 12.0 Å². The molecule has 0 aliphatic heterocycles. The van der Waals surface area contributed by atoms with E-state index >= 15 is 0 Å². The van der Waals surface area contributed by atoms with Crippen LogP contribution in [-0.2, 0) is 11.2 Å². The molecule has 0 fully saturated rings. The van der Waals surface area contributed by atoms with E-state index in [2.05, 4.69) is 12.1 Å². The fourth-order valence-electron chi connectivity index (χ4n) is 4.27. The largest absolute Gasteiger partial charge is 0.464 e. The number of benzene rings is 4. The fraction of sp³-hybridized carbons (Fsp3) is 0.0968. The van der Waals surface area contributed by atoms with Gasteiger partial charge in [-0.3, -0.25) is 4.79 Å². The van der Waals surface area contributed by atoms with Crippen LogP contribution in [0.25, 0.3) is 33.2 Å². The molecule has 5 rings (SSSR count). The molecular formula is C31H23FO4. The molecule has 5 heteroatoms. The van der Waals surface area contributed by atoms with Gasteiger partial charge in [-0.2, -0.15) is 0 Å². The average Bonchev–Trinajstić information content (AvgIpc) is 2.91. The highest BCUT2D eigenvalue weighted by atomic mass is 19.1. The zero-order valence-corrected chi connectivity index (χ0v) is 19.7. The van der Waals surface area contributed by atoms with Crippen LogP contribution in [-0.4, -0.2) is 12.6 Å². The van der Waals surface area contributed by atoms with E-state index in [1.54, 1.807) is 25.1 Å². The molecule has 5 aromatic rings. The summed E-state index contributed by atoms with van der Waals surface area (Å²) in [5.41, 5.74) is 5.19. The highest BCUT2D eigenvalue weighted by Crippen LogP contribution is 2.29. The Hall–Kier alpha value is -4.51. The van der Waals surface area contributed by atoms with Crippen LogP contribution in [0.3, 0.4) is 0 Å². The maximum Gasteiger partial charge on any atom is 0.338 e. The Morgan fingerprint density at radius 2 is 1.58 bits per heavy atom. The molecule has 4 nitrogen and oxygen atoms in total. The summed E-state index contributed by atoms with van der Waals surface area (Å²) >= 11 is 0. The van der Waals surface area contributed by atoms with Crippen LogP contribution in [0.15, 0.2) is 106 Å². The van der Waals surface area contributed by atoms with Gasteiger partial charge in [0.1, 0.15) is 11.4 Å². The third-order valence-corrected chi connectivity index (χ3v) is 6.09. The SMILES string of the molecule is CCOC(=O)c1ccc(F)cc1-c1ccc2c(=O)c(Cc3ccc(-c4ccccc4)cc3)coc2c1. The lowest BCUT2D eigenvalue weighted by Crippen LogP contribution is -2.09. The minimum Gasteiger partial charge on any atom is -0.464 e. The lowest BCUT2D eigenvalue weighted by atomic mass is 9.97. The molecule has 0 saturated carbocycles. The number of halogens is 1. The van der Waals surface area contributed by atoms with Crippen molar-refractivity contribution in [3.8, 4) is 22.3 Å². The van der Waals surface area contributed by atoms with Gasteiger partial charge in [0.05, 0.1) is 23.8 Å². The van der Waals surface area contributed by atoms with Crippen molar-refractivity contribution in [2.75, 3.05) is 6.61 Å². The summed E-state index contributed by atoms with van der Waals surface area (Å²) in [6.07, 6.45) is 1.91. The predicted octanol–water partition coefficient (Wildman–Crippen LogP) is 7.03. The number of fused-ring (bicyclic) bond motifs is 1. The summed E-state index contributed by atoms with van der Waals surface area (Å²) in [6, 6.07) is 27.1. The molecular weight excluding hydrogens is 455 g/mol. The molecule has 0 unspecified atom stereocenters. The molecule has 0 aliphatic rings. The van der Waals surface area contributed by atoms with Gasteiger partial charge in [0.2, 0.25) is 0 Å². The Bertz CT molecular complexity index is 1600. The van der Waals surface area contributed by atoms with Gasteiger partial charge < -0.3 is 9.15 Å². The number of carbonyl (C=O) groups excluding carboxylic acids is 1. The van der Waals surface area contributed by atoms with Crippen LogP contribution >= 0.6 is 0 Å². The third kappa shape index (κ3) is 4.68. The van der Waals surface area contributed by atoms with Crippen LogP contribution in [0.5, 0.6) is 0 Å². The molecule has 1 aromatic heterocycles. The smallest absolute Gasteiger partial charge is 0.338 e. The topological polar surface area (TPSA) is 56.5 Å². The average molecular weight is 479 g/mol. The first-order valence-electron chi connectivity index (χ1n) is 11.7. The zero-order valence-electron chi connectivity index (χ0n) is 19.7. The Morgan fingerprint density at radius 3 is 2.33 bits per heavy atom. The Labute approximate surface area is 207 Å². The van der Waals surface area contributed by atoms with E-state index in [1.165, 1.54) is 24.5 Å². The van der Waals surface area contributed by atoms with Gasteiger partial charge in [-0.25, -0.2) is 9.18 Å². The lowest BCUT2D eigenvalue weighted by molar-refractivity contribution is 0.0527. The van der Waals surface area contributed by atoms with Crippen molar-refractivity contribution in [2.24, 2.45) is 0 Å². The first-order valence-corrected chi connectivity index (χ1v) is 11.7. The fourth-order valence-corrected chi connectivity index (χ4v) is 4.27. The minimum absolute atomic E-state index is 0.125. The van der Waals surface area contributed by atoms with Crippen LogP contribution in [0.1, 0.15) is 28.4 Å². The number of esters is 1. The summed E-state index contributed by atoms with van der Waals surface area (Å²) in [5.74, 6) is -1.02. The molecule has 0 atom stereocenters. The van der Waals surface area contributed by atoms with Gasteiger partial charge in [0.25, 0.3) is 0 Å².